The summed E-state index contributed by atoms with van der Waals surface area (Å²) in [5, 5.41) is 15.0. The Labute approximate surface area is 233 Å². The Morgan fingerprint density at radius 2 is 1.87 bits per heavy atom. The second-order valence-corrected chi connectivity index (χ2v) is 11.6. The fraction of sp³-hybridized carbons (Fsp3) is 0.594. The summed E-state index contributed by atoms with van der Waals surface area (Å²) >= 11 is 0. The van der Waals surface area contributed by atoms with Gasteiger partial charge in [0.05, 0.1) is 34.0 Å². The molecule has 0 saturated carbocycles. The number of hydrogen-bond acceptors (Lipinski definition) is 6. The van der Waals surface area contributed by atoms with Crippen molar-refractivity contribution in [1.29, 1.82) is 0 Å². The average molecular weight is 531 g/mol. The van der Waals surface area contributed by atoms with Gasteiger partial charge in [-0.25, -0.2) is 4.98 Å². The van der Waals surface area contributed by atoms with Crippen LogP contribution in [0.1, 0.15) is 57.2 Å². The van der Waals surface area contributed by atoms with Crippen molar-refractivity contribution in [3.63, 3.8) is 0 Å². The summed E-state index contributed by atoms with van der Waals surface area (Å²) in [5.74, 6) is 0. The number of allylic oxidation sites excluding steroid dienone is 1. The van der Waals surface area contributed by atoms with Gasteiger partial charge in [0.2, 0.25) is 0 Å². The lowest BCUT2D eigenvalue weighted by molar-refractivity contribution is 0.0838. The Kier molecular flexibility index (Phi) is 8.09. The number of piperidine rings is 1. The topological polar surface area (TPSA) is 59.8 Å². The number of likely N-dealkylation sites (tertiary alicyclic amines) is 1. The Morgan fingerprint density at radius 1 is 1.03 bits per heavy atom. The average Bonchev–Trinajstić information content (AvgIpc) is 3.13. The van der Waals surface area contributed by atoms with E-state index in [1.165, 1.54) is 46.3 Å². The summed E-state index contributed by atoms with van der Waals surface area (Å²) < 4.78 is 2.55. The first-order valence-corrected chi connectivity index (χ1v) is 15.4. The van der Waals surface area contributed by atoms with Gasteiger partial charge < -0.3 is 29.7 Å². The van der Waals surface area contributed by atoms with Crippen molar-refractivity contribution in [2.45, 2.75) is 65.0 Å². The fourth-order valence-corrected chi connectivity index (χ4v) is 6.94. The number of nitrogens with zero attached hydrogens (tertiary/aromatic N) is 5. The predicted octanol–water partition coefficient (Wildman–Crippen LogP) is 4.46. The maximum atomic E-state index is 9.97. The number of aliphatic hydroxyl groups is 1. The lowest BCUT2D eigenvalue weighted by atomic mass is 9.96. The third-order valence-electron chi connectivity index (χ3n) is 9.09. The van der Waals surface area contributed by atoms with Gasteiger partial charge in [-0.2, -0.15) is 0 Å². The van der Waals surface area contributed by atoms with E-state index in [9.17, 15) is 5.11 Å². The van der Waals surface area contributed by atoms with Crippen molar-refractivity contribution < 1.29 is 5.11 Å². The van der Waals surface area contributed by atoms with Gasteiger partial charge in [0.15, 0.2) is 0 Å². The van der Waals surface area contributed by atoms with Crippen molar-refractivity contribution in [3.8, 4) is 0 Å². The molecule has 3 aliphatic rings. The summed E-state index contributed by atoms with van der Waals surface area (Å²) in [4.78, 5) is 13.1. The van der Waals surface area contributed by atoms with Crippen LogP contribution in [0.15, 0.2) is 30.0 Å². The summed E-state index contributed by atoms with van der Waals surface area (Å²) in [7, 11) is 0. The molecule has 1 aliphatic carbocycles. The second-order valence-electron chi connectivity index (χ2n) is 11.6. The zero-order valence-electron chi connectivity index (χ0n) is 24.0. The number of hydrogen-bond donors (Lipinski definition) is 2. The highest BCUT2D eigenvalue weighted by atomic mass is 16.3. The van der Waals surface area contributed by atoms with Gasteiger partial charge in [0.1, 0.15) is 0 Å². The van der Waals surface area contributed by atoms with E-state index >= 15 is 0 Å². The number of likely N-dealkylation sites (N-methyl/N-ethyl adjacent to an activating group) is 1. The third kappa shape index (κ3) is 5.41. The fourth-order valence-electron chi connectivity index (χ4n) is 6.94. The van der Waals surface area contributed by atoms with Crippen LogP contribution in [0.3, 0.4) is 0 Å². The molecule has 0 unspecified atom stereocenters. The quantitative estimate of drug-likeness (QED) is 0.404. The van der Waals surface area contributed by atoms with E-state index in [2.05, 4.69) is 68.8 Å². The highest BCUT2D eigenvalue weighted by Crippen LogP contribution is 2.42. The Balaban J connectivity index is 1.34. The van der Waals surface area contributed by atoms with Crippen LogP contribution in [-0.2, 0) is 13.0 Å². The minimum Gasteiger partial charge on any atom is -0.393 e. The van der Waals surface area contributed by atoms with Crippen LogP contribution < -0.4 is 10.2 Å². The highest BCUT2D eigenvalue weighted by Gasteiger charge is 2.29. The molecular weight excluding hydrogens is 484 g/mol. The zero-order chi connectivity index (χ0) is 26.8. The first kappa shape index (κ1) is 26.6. The van der Waals surface area contributed by atoms with Crippen LogP contribution in [-0.4, -0.2) is 89.5 Å². The van der Waals surface area contributed by atoms with Gasteiger partial charge in [-0.15, -0.1) is 0 Å². The van der Waals surface area contributed by atoms with Crippen molar-refractivity contribution in [1.82, 2.24) is 24.7 Å². The number of aryl methyl sites for hydroxylation is 1. The molecule has 6 rings (SSSR count). The molecule has 4 heterocycles. The van der Waals surface area contributed by atoms with Crippen LogP contribution in [0.25, 0.3) is 28.0 Å². The molecule has 1 saturated heterocycles. The summed E-state index contributed by atoms with van der Waals surface area (Å²) in [6, 6.07) is 8.84. The van der Waals surface area contributed by atoms with E-state index < -0.39 is 0 Å². The van der Waals surface area contributed by atoms with Crippen molar-refractivity contribution in [3.05, 3.63) is 41.2 Å². The third-order valence-corrected chi connectivity index (χ3v) is 9.09. The molecule has 7 nitrogen and oxygen atoms in total. The van der Waals surface area contributed by atoms with Crippen LogP contribution in [0.5, 0.6) is 0 Å². The minimum atomic E-state index is -0.117. The number of rotatable bonds is 10. The molecule has 2 aliphatic heterocycles. The Bertz CT molecular complexity index is 1320. The number of benzene rings is 1. The lowest BCUT2D eigenvalue weighted by Crippen LogP contribution is -2.41. The normalized spacial score (nSPS) is 18.6. The van der Waals surface area contributed by atoms with E-state index in [1.807, 2.05) is 0 Å². The molecule has 0 atom stereocenters. The summed E-state index contributed by atoms with van der Waals surface area (Å²) in [5.41, 5.74) is 9.14. The summed E-state index contributed by atoms with van der Waals surface area (Å²) in [6.45, 7) is 15.1. The number of nitrogens with one attached hydrogen (secondary N) is 1. The number of pyridine rings is 1. The largest absolute Gasteiger partial charge is 0.393 e. The standard InChI is InChI=1S/C32H46N6O/c1-3-15-35(4-2)20-14-33-24-10-11-26-28(23-24)34-30-27-8-5-6-9-29(27)38-17-7-16-37(31(26)32(30)38)22-21-36-18-12-25(39)13-19-36/h5-6,8-9,23,25,33,39H,3-4,7,10-22H2,1-2H3. The van der Waals surface area contributed by atoms with Gasteiger partial charge in [0, 0.05) is 69.0 Å². The van der Waals surface area contributed by atoms with Crippen LogP contribution >= 0.6 is 0 Å². The molecule has 3 aromatic rings. The molecule has 0 spiro atoms. The lowest BCUT2D eigenvalue weighted by Gasteiger charge is -2.34. The molecule has 1 aromatic carbocycles. The molecule has 1 fully saturated rings. The molecule has 39 heavy (non-hydrogen) atoms. The Morgan fingerprint density at radius 3 is 2.69 bits per heavy atom. The van der Waals surface area contributed by atoms with E-state index in [0.717, 1.165) is 102 Å². The smallest absolute Gasteiger partial charge is 0.0988 e. The predicted molar refractivity (Wildman–Crippen MR) is 162 cm³/mol. The van der Waals surface area contributed by atoms with Gasteiger partial charge in [-0.3, -0.25) is 0 Å². The highest BCUT2D eigenvalue weighted by molar-refractivity contribution is 6.11. The Hall–Kier alpha value is -2.61. The number of para-hydroxylation sites is 1. The van der Waals surface area contributed by atoms with Gasteiger partial charge in [-0.1, -0.05) is 32.0 Å². The van der Waals surface area contributed by atoms with Crippen LogP contribution in [0, 0.1) is 0 Å². The second kappa shape index (κ2) is 11.9. The molecule has 2 N–H and O–H groups in total. The molecule has 0 amide bonds. The molecule has 2 aromatic heterocycles. The first-order chi connectivity index (χ1) is 19.2. The molecule has 7 heteroatoms. The van der Waals surface area contributed by atoms with Crippen molar-refractivity contribution in [2.24, 2.45) is 0 Å². The van der Waals surface area contributed by atoms with Gasteiger partial charge in [0.25, 0.3) is 0 Å². The maximum Gasteiger partial charge on any atom is 0.0988 e. The molecule has 0 radical (unpaired) electrons. The summed E-state index contributed by atoms with van der Waals surface area (Å²) in [6.07, 6.45) is 8.45. The maximum absolute atomic E-state index is 9.97. The van der Waals surface area contributed by atoms with Crippen LogP contribution in [0.4, 0.5) is 5.69 Å². The van der Waals surface area contributed by atoms with Gasteiger partial charge >= 0.3 is 0 Å². The molecule has 210 valence electrons. The van der Waals surface area contributed by atoms with E-state index in [-0.39, 0.29) is 6.10 Å². The first-order valence-electron chi connectivity index (χ1n) is 15.4. The monoisotopic (exact) mass is 530 g/mol. The van der Waals surface area contributed by atoms with Crippen molar-refractivity contribution >= 4 is 33.7 Å². The number of aliphatic hydroxyl groups excluding tert-OH is 1. The number of anilines is 1. The zero-order valence-corrected chi connectivity index (χ0v) is 24.0. The molecule has 0 bridgehead atoms. The van der Waals surface area contributed by atoms with E-state index in [4.69, 9.17) is 4.98 Å². The number of aromatic nitrogens is 2. The van der Waals surface area contributed by atoms with Crippen LogP contribution in [0.2, 0.25) is 0 Å². The molecular formula is C32H46N6O. The van der Waals surface area contributed by atoms with Gasteiger partial charge in [-0.05, 0) is 63.8 Å². The van der Waals surface area contributed by atoms with Crippen molar-refractivity contribution in [2.75, 3.05) is 63.8 Å². The van der Waals surface area contributed by atoms with E-state index in [1.54, 1.807) is 0 Å². The van der Waals surface area contributed by atoms with E-state index in [0.29, 0.717) is 0 Å². The number of fused-ring (bicyclic) bond motifs is 5. The minimum absolute atomic E-state index is 0.117. The SMILES string of the molecule is CCCN(CC)CCNC1=Cc2nc3c4ccccc4n4c3c(c2CC1)N(CCN1CCC(O)CC1)CCC4.